The third-order valence-corrected chi connectivity index (χ3v) is 2.98. The molecule has 1 aliphatic carbocycles. The standard InChI is InChI=1S/C9H16N4/c10-5-4-8-2-1-3-9(8)13-6-11-12-7-13/h6-9H,1-5,10H2. The highest BCUT2D eigenvalue weighted by molar-refractivity contribution is 4.84. The van der Waals surface area contributed by atoms with Crippen LogP contribution in [0, 0.1) is 5.92 Å². The first-order valence-corrected chi connectivity index (χ1v) is 4.96. The van der Waals surface area contributed by atoms with E-state index < -0.39 is 0 Å². The van der Waals surface area contributed by atoms with Crippen LogP contribution in [-0.4, -0.2) is 21.3 Å². The molecule has 0 bridgehead atoms. The molecule has 1 fully saturated rings. The molecular weight excluding hydrogens is 164 g/mol. The van der Waals surface area contributed by atoms with Crippen molar-refractivity contribution >= 4 is 0 Å². The van der Waals surface area contributed by atoms with Crippen LogP contribution in [0.15, 0.2) is 12.7 Å². The Hall–Kier alpha value is -0.900. The van der Waals surface area contributed by atoms with E-state index in [0.717, 1.165) is 18.9 Å². The largest absolute Gasteiger partial charge is 0.330 e. The molecule has 1 heterocycles. The summed E-state index contributed by atoms with van der Waals surface area (Å²) in [5.74, 6) is 0.737. The lowest BCUT2D eigenvalue weighted by molar-refractivity contribution is 0.362. The monoisotopic (exact) mass is 180 g/mol. The number of nitrogens with two attached hydrogens (primary N) is 1. The number of nitrogens with zero attached hydrogens (tertiary/aromatic N) is 3. The van der Waals surface area contributed by atoms with Crippen LogP contribution in [-0.2, 0) is 0 Å². The average Bonchev–Trinajstić information content (AvgIpc) is 2.71. The van der Waals surface area contributed by atoms with E-state index in [1.54, 1.807) is 0 Å². The van der Waals surface area contributed by atoms with E-state index >= 15 is 0 Å². The van der Waals surface area contributed by atoms with E-state index in [1.807, 2.05) is 12.7 Å². The van der Waals surface area contributed by atoms with Gasteiger partial charge in [0.15, 0.2) is 0 Å². The zero-order valence-electron chi connectivity index (χ0n) is 7.76. The summed E-state index contributed by atoms with van der Waals surface area (Å²) in [5.41, 5.74) is 5.58. The maximum absolute atomic E-state index is 5.58. The van der Waals surface area contributed by atoms with Crippen LogP contribution in [0.2, 0.25) is 0 Å². The van der Waals surface area contributed by atoms with Crippen molar-refractivity contribution < 1.29 is 0 Å². The van der Waals surface area contributed by atoms with Crippen LogP contribution < -0.4 is 5.73 Å². The Labute approximate surface area is 78.1 Å². The van der Waals surface area contributed by atoms with Gasteiger partial charge in [0, 0.05) is 6.04 Å². The average molecular weight is 180 g/mol. The fourth-order valence-electron chi connectivity index (χ4n) is 2.34. The quantitative estimate of drug-likeness (QED) is 0.754. The van der Waals surface area contributed by atoms with Crippen molar-refractivity contribution in [3.63, 3.8) is 0 Å². The summed E-state index contributed by atoms with van der Waals surface area (Å²) in [5, 5.41) is 7.69. The zero-order valence-corrected chi connectivity index (χ0v) is 7.76. The van der Waals surface area contributed by atoms with Crippen molar-refractivity contribution in [1.29, 1.82) is 0 Å². The second kappa shape index (κ2) is 3.87. The molecule has 0 aliphatic heterocycles. The van der Waals surface area contributed by atoms with Gasteiger partial charge >= 0.3 is 0 Å². The van der Waals surface area contributed by atoms with E-state index in [1.165, 1.54) is 19.3 Å². The third kappa shape index (κ3) is 1.72. The summed E-state index contributed by atoms with van der Waals surface area (Å²) >= 11 is 0. The van der Waals surface area contributed by atoms with Crippen LogP contribution in [0.4, 0.5) is 0 Å². The van der Waals surface area contributed by atoms with E-state index in [-0.39, 0.29) is 0 Å². The molecule has 0 spiro atoms. The van der Waals surface area contributed by atoms with Crippen LogP contribution in [0.5, 0.6) is 0 Å². The van der Waals surface area contributed by atoms with Gasteiger partial charge in [0.05, 0.1) is 0 Å². The topological polar surface area (TPSA) is 56.7 Å². The van der Waals surface area contributed by atoms with Crippen molar-refractivity contribution in [3.05, 3.63) is 12.7 Å². The van der Waals surface area contributed by atoms with E-state index in [9.17, 15) is 0 Å². The molecule has 4 nitrogen and oxygen atoms in total. The van der Waals surface area contributed by atoms with Gasteiger partial charge in [-0.25, -0.2) is 0 Å². The normalized spacial score (nSPS) is 28.1. The molecule has 0 aromatic carbocycles. The highest BCUT2D eigenvalue weighted by atomic mass is 15.2. The van der Waals surface area contributed by atoms with Gasteiger partial charge in [0.1, 0.15) is 12.7 Å². The minimum absolute atomic E-state index is 0.596. The second-order valence-corrected chi connectivity index (χ2v) is 3.74. The first-order valence-electron chi connectivity index (χ1n) is 4.96. The number of aromatic nitrogens is 3. The molecule has 2 unspecified atom stereocenters. The molecule has 0 amide bonds. The van der Waals surface area contributed by atoms with Crippen molar-refractivity contribution in [1.82, 2.24) is 14.8 Å². The van der Waals surface area contributed by atoms with Crippen molar-refractivity contribution in [2.24, 2.45) is 11.7 Å². The van der Waals surface area contributed by atoms with Gasteiger partial charge in [-0.2, -0.15) is 0 Å². The lowest BCUT2D eigenvalue weighted by Crippen LogP contribution is -2.16. The third-order valence-electron chi connectivity index (χ3n) is 2.98. The van der Waals surface area contributed by atoms with Crippen LogP contribution in [0.25, 0.3) is 0 Å². The highest BCUT2D eigenvalue weighted by Gasteiger charge is 2.27. The zero-order chi connectivity index (χ0) is 9.10. The van der Waals surface area contributed by atoms with Crippen LogP contribution in [0.1, 0.15) is 31.7 Å². The molecule has 13 heavy (non-hydrogen) atoms. The Balaban J connectivity index is 2.05. The molecule has 2 N–H and O–H groups in total. The minimum atomic E-state index is 0.596. The summed E-state index contributed by atoms with van der Waals surface area (Å²) in [6.07, 6.45) is 8.64. The van der Waals surface area contributed by atoms with Gasteiger partial charge in [-0.3, -0.25) is 0 Å². The second-order valence-electron chi connectivity index (χ2n) is 3.74. The van der Waals surface area contributed by atoms with Gasteiger partial charge in [-0.1, -0.05) is 6.42 Å². The molecule has 72 valence electrons. The maximum Gasteiger partial charge on any atom is 0.119 e. The Kier molecular flexibility index (Phi) is 2.59. The Morgan fingerprint density at radius 1 is 1.31 bits per heavy atom. The molecule has 0 radical (unpaired) electrons. The fraction of sp³-hybridized carbons (Fsp3) is 0.778. The lowest BCUT2D eigenvalue weighted by Gasteiger charge is -2.19. The highest BCUT2D eigenvalue weighted by Crippen LogP contribution is 2.36. The van der Waals surface area contributed by atoms with Gasteiger partial charge in [0.2, 0.25) is 0 Å². The van der Waals surface area contributed by atoms with Crippen LogP contribution in [0.3, 0.4) is 0 Å². The van der Waals surface area contributed by atoms with Gasteiger partial charge < -0.3 is 10.3 Å². The number of hydrogen-bond donors (Lipinski definition) is 1. The summed E-state index contributed by atoms with van der Waals surface area (Å²) in [6.45, 7) is 0.795. The minimum Gasteiger partial charge on any atom is -0.330 e. The van der Waals surface area contributed by atoms with E-state index in [2.05, 4.69) is 14.8 Å². The fourth-order valence-corrected chi connectivity index (χ4v) is 2.34. The summed E-state index contributed by atoms with van der Waals surface area (Å²) in [4.78, 5) is 0. The van der Waals surface area contributed by atoms with Gasteiger partial charge in [-0.05, 0) is 31.7 Å². The SMILES string of the molecule is NCCC1CCCC1n1cnnc1. The Bertz CT molecular complexity index is 244. The molecule has 0 saturated heterocycles. The summed E-state index contributed by atoms with van der Waals surface area (Å²) in [7, 11) is 0. The molecule has 1 aromatic rings. The van der Waals surface area contributed by atoms with Crippen molar-refractivity contribution in [3.8, 4) is 0 Å². The van der Waals surface area contributed by atoms with Gasteiger partial charge in [0.25, 0.3) is 0 Å². The maximum atomic E-state index is 5.58. The Morgan fingerprint density at radius 3 is 2.77 bits per heavy atom. The predicted molar refractivity (Wildman–Crippen MR) is 50.1 cm³/mol. The molecule has 4 heteroatoms. The van der Waals surface area contributed by atoms with Gasteiger partial charge in [-0.15, -0.1) is 10.2 Å². The van der Waals surface area contributed by atoms with Crippen molar-refractivity contribution in [2.45, 2.75) is 31.7 Å². The van der Waals surface area contributed by atoms with Crippen molar-refractivity contribution in [2.75, 3.05) is 6.54 Å². The molecule has 2 atom stereocenters. The summed E-state index contributed by atoms with van der Waals surface area (Å²) < 4.78 is 2.13. The lowest BCUT2D eigenvalue weighted by atomic mass is 10.00. The molecular formula is C9H16N4. The molecule has 1 aromatic heterocycles. The molecule has 1 aliphatic rings. The number of hydrogen-bond acceptors (Lipinski definition) is 3. The Morgan fingerprint density at radius 2 is 2.08 bits per heavy atom. The first kappa shape index (κ1) is 8.69. The molecule has 2 rings (SSSR count). The summed E-state index contributed by atoms with van der Waals surface area (Å²) in [6, 6.07) is 0.596. The van der Waals surface area contributed by atoms with E-state index in [4.69, 9.17) is 5.73 Å². The number of rotatable bonds is 3. The van der Waals surface area contributed by atoms with Crippen LogP contribution >= 0.6 is 0 Å². The predicted octanol–water partition coefficient (Wildman–Crippen LogP) is 0.968. The van der Waals surface area contributed by atoms with E-state index in [0.29, 0.717) is 6.04 Å². The first-order chi connectivity index (χ1) is 6.42. The molecule has 1 saturated carbocycles. The smallest absolute Gasteiger partial charge is 0.119 e.